The summed E-state index contributed by atoms with van der Waals surface area (Å²) in [6.45, 7) is 4.37. The summed E-state index contributed by atoms with van der Waals surface area (Å²) in [5.74, 6) is 0.510. The molecule has 0 radical (unpaired) electrons. The van der Waals surface area contributed by atoms with Crippen LogP contribution in [0.2, 0.25) is 0 Å². The van der Waals surface area contributed by atoms with Crippen molar-refractivity contribution in [3.63, 3.8) is 0 Å². The van der Waals surface area contributed by atoms with Crippen LogP contribution < -0.4 is 4.90 Å². The van der Waals surface area contributed by atoms with E-state index in [1.54, 1.807) is 11.3 Å². The van der Waals surface area contributed by atoms with Crippen molar-refractivity contribution in [2.45, 2.75) is 13.8 Å². The van der Waals surface area contributed by atoms with Gasteiger partial charge in [-0.2, -0.15) is 0 Å². The first-order valence-corrected chi connectivity index (χ1v) is 9.66. The number of aliphatic hydroxyl groups excluding tert-OH is 1. The van der Waals surface area contributed by atoms with Crippen molar-refractivity contribution in [1.82, 2.24) is 4.98 Å². The number of thiophene rings is 1. The number of rotatable bonds is 3. The number of nitrogens with one attached hydrogen (secondary N) is 1. The van der Waals surface area contributed by atoms with Crippen molar-refractivity contribution < 1.29 is 5.11 Å². The van der Waals surface area contributed by atoms with Crippen LogP contribution in [0.5, 0.6) is 0 Å². The monoisotopic (exact) mass is 367 g/mol. The summed E-state index contributed by atoms with van der Waals surface area (Å²) in [5, 5.41) is 23.8. The number of hydrogen-bond acceptors (Lipinski definition) is 5. The summed E-state index contributed by atoms with van der Waals surface area (Å²) < 4.78 is 0. The fourth-order valence-corrected chi connectivity index (χ4v) is 4.59. The highest BCUT2D eigenvalue weighted by atomic mass is 32.1. The minimum Gasteiger partial charge on any atom is -0.510 e. The first-order valence-electron chi connectivity index (χ1n) is 7.90. The van der Waals surface area contributed by atoms with E-state index >= 15 is 0 Å². The van der Waals surface area contributed by atoms with E-state index in [2.05, 4.69) is 17.1 Å². The summed E-state index contributed by atoms with van der Waals surface area (Å²) in [4.78, 5) is 7.59. The molecule has 25 heavy (non-hydrogen) atoms. The zero-order valence-electron chi connectivity index (χ0n) is 13.9. The second kappa shape index (κ2) is 6.13. The predicted molar refractivity (Wildman–Crippen MR) is 106 cm³/mol. The van der Waals surface area contributed by atoms with E-state index < -0.39 is 0 Å². The highest BCUT2D eigenvalue weighted by Crippen LogP contribution is 2.36. The molecule has 1 aliphatic rings. The third kappa shape index (κ3) is 2.77. The van der Waals surface area contributed by atoms with Gasteiger partial charge in [-0.25, -0.2) is 4.98 Å². The van der Waals surface area contributed by atoms with Gasteiger partial charge in [-0.15, -0.1) is 22.7 Å². The lowest BCUT2D eigenvalue weighted by Gasteiger charge is -2.21. The van der Waals surface area contributed by atoms with Gasteiger partial charge in [0.25, 0.3) is 0 Å². The van der Waals surface area contributed by atoms with Crippen LogP contribution in [0.1, 0.15) is 16.1 Å². The summed E-state index contributed by atoms with van der Waals surface area (Å²) in [6.07, 6.45) is 0. The smallest absolute Gasteiger partial charge is 0.139 e. The van der Waals surface area contributed by atoms with Gasteiger partial charge in [0, 0.05) is 11.1 Å². The molecule has 0 saturated carbocycles. The van der Waals surface area contributed by atoms with Gasteiger partial charge in [-0.1, -0.05) is 18.2 Å². The van der Waals surface area contributed by atoms with Gasteiger partial charge in [0.15, 0.2) is 0 Å². The third-order valence-corrected chi connectivity index (χ3v) is 6.00. The van der Waals surface area contributed by atoms with Crippen LogP contribution in [0.15, 0.2) is 46.9 Å². The van der Waals surface area contributed by atoms with Crippen molar-refractivity contribution in [1.29, 1.82) is 5.41 Å². The Bertz CT molecular complexity index is 986. The van der Waals surface area contributed by atoms with Gasteiger partial charge in [0.1, 0.15) is 16.6 Å². The minimum atomic E-state index is 0.206. The van der Waals surface area contributed by atoms with E-state index in [9.17, 15) is 5.11 Å². The topological polar surface area (TPSA) is 60.2 Å². The molecule has 3 heterocycles. The number of amidine groups is 1. The number of benzene rings is 1. The van der Waals surface area contributed by atoms with E-state index in [0.717, 1.165) is 27.4 Å². The summed E-state index contributed by atoms with van der Waals surface area (Å²) >= 11 is 3.10. The Labute approximate surface area is 154 Å². The van der Waals surface area contributed by atoms with Gasteiger partial charge in [-0.3, -0.25) is 5.41 Å². The zero-order chi connectivity index (χ0) is 17.6. The molecule has 1 aromatic carbocycles. The number of nitrogens with zero attached hydrogens (tertiary/aromatic N) is 2. The van der Waals surface area contributed by atoms with Crippen LogP contribution in [0.3, 0.4) is 0 Å². The number of aliphatic hydroxyl groups is 1. The fraction of sp³-hybridized carbons (Fsp3) is 0.158. The molecule has 0 bridgehead atoms. The molecule has 4 rings (SSSR count). The van der Waals surface area contributed by atoms with Gasteiger partial charge in [0.2, 0.25) is 0 Å². The third-order valence-electron chi connectivity index (χ3n) is 4.25. The standard InChI is InChI=1S/C19H17N3OS2/c1-11-5-6-12(2)14(8-11)22-9-15(23)17(18(22)20)19-21-13(10-25-19)16-4-3-7-24-16/h3-8,10,20,23H,9H2,1-2H3. The first-order chi connectivity index (χ1) is 12.0. The molecule has 0 aliphatic carbocycles. The van der Waals surface area contributed by atoms with E-state index in [1.807, 2.05) is 47.7 Å². The molecule has 2 aromatic heterocycles. The van der Waals surface area contributed by atoms with Crippen molar-refractivity contribution in [3.05, 3.63) is 63.0 Å². The average Bonchev–Trinajstić information content (AvgIpc) is 3.30. The molecule has 126 valence electrons. The van der Waals surface area contributed by atoms with Crippen molar-refractivity contribution in [2.24, 2.45) is 0 Å². The molecule has 0 saturated heterocycles. The Morgan fingerprint density at radius 2 is 2.04 bits per heavy atom. The second-order valence-electron chi connectivity index (χ2n) is 6.06. The zero-order valence-corrected chi connectivity index (χ0v) is 15.5. The van der Waals surface area contributed by atoms with E-state index in [-0.39, 0.29) is 5.76 Å². The lowest BCUT2D eigenvalue weighted by Crippen LogP contribution is -2.26. The van der Waals surface area contributed by atoms with E-state index in [4.69, 9.17) is 5.41 Å². The largest absolute Gasteiger partial charge is 0.510 e. The summed E-state index contributed by atoms with van der Waals surface area (Å²) in [7, 11) is 0. The van der Waals surface area contributed by atoms with Crippen molar-refractivity contribution in [3.8, 4) is 10.6 Å². The highest BCUT2D eigenvalue weighted by Gasteiger charge is 2.32. The lowest BCUT2D eigenvalue weighted by molar-refractivity contribution is 0.411. The number of anilines is 1. The van der Waals surface area contributed by atoms with Gasteiger partial charge >= 0.3 is 0 Å². The Morgan fingerprint density at radius 1 is 1.20 bits per heavy atom. The van der Waals surface area contributed by atoms with Crippen LogP contribution in [0.25, 0.3) is 16.1 Å². The van der Waals surface area contributed by atoms with Crippen LogP contribution in [-0.4, -0.2) is 22.5 Å². The molecule has 4 nitrogen and oxygen atoms in total. The Morgan fingerprint density at radius 3 is 2.80 bits per heavy atom. The molecule has 0 spiro atoms. The van der Waals surface area contributed by atoms with Gasteiger partial charge in [-0.05, 0) is 42.5 Å². The van der Waals surface area contributed by atoms with Crippen molar-refractivity contribution >= 4 is 39.8 Å². The maximum atomic E-state index is 10.5. The number of aromatic nitrogens is 1. The lowest BCUT2D eigenvalue weighted by atomic mass is 10.1. The predicted octanol–water partition coefficient (Wildman–Crippen LogP) is 5.26. The van der Waals surface area contributed by atoms with E-state index in [1.165, 1.54) is 11.3 Å². The summed E-state index contributed by atoms with van der Waals surface area (Å²) in [6, 6.07) is 10.2. The molecule has 0 fully saturated rings. The highest BCUT2D eigenvalue weighted by molar-refractivity contribution is 7.14. The quantitative estimate of drug-likeness (QED) is 0.664. The molecule has 0 amide bonds. The molecule has 0 unspecified atom stereocenters. The fourth-order valence-electron chi connectivity index (χ4n) is 2.95. The van der Waals surface area contributed by atoms with Crippen LogP contribution >= 0.6 is 22.7 Å². The number of thiazole rings is 1. The number of aryl methyl sites for hydroxylation is 2. The molecular weight excluding hydrogens is 350 g/mol. The Hall–Kier alpha value is -2.44. The van der Waals surface area contributed by atoms with E-state index in [0.29, 0.717) is 23.0 Å². The van der Waals surface area contributed by atoms with Gasteiger partial charge in [0.05, 0.1) is 22.7 Å². The summed E-state index contributed by atoms with van der Waals surface area (Å²) in [5.41, 5.74) is 4.61. The molecule has 3 aromatic rings. The SMILES string of the molecule is Cc1ccc(C)c(N2CC(O)=C(c3nc(-c4cccs4)cs3)C2=N)c1. The Balaban J connectivity index is 1.69. The second-order valence-corrected chi connectivity index (χ2v) is 7.87. The average molecular weight is 367 g/mol. The molecule has 0 atom stereocenters. The molecular formula is C19H17N3OS2. The van der Waals surface area contributed by atoms with Crippen LogP contribution in [-0.2, 0) is 0 Å². The van der Waals surface area contributed by atoms with Gasteiger partial charge < -0.3 is 10.0 Å². The molecule has 2 N–H and O–H groups in total. The Kier molecular flexibility index (Phi) is 3.94. The molecule has 1 aliphatic heterocycles. The number of hydrogen-bond donors (Lipinski definition) is 2. The van der Waals surface area contributed by atoms with Crippen LogP contribution in [0, 0.1) is 19.3 Å². The maximum absolute atomic E-state index is 10.5. The minimum absolute atomic E-state index is 0.206. The normalized spacial score (nSPS) is 14.6. The maximum Gasteiger partial charge on any atom is 0.139 e. The van der Waals surface area contributed by atoms with Crippen LogP contribution in [0.4, 0.5) is 5.69 Å². The first kappa shape index (κ1) is 16.1. The molecule has 6 heteroatoms. The van der Waals surface area contributed by atoms with Crippen molar-refractivity contribution in [2.75, 3.05) is 11.4 Å².